The van der Waals surface area contributed by atoms with Crippen molar-refractivity contribution in [2.75, 3.05) is 27.3 Å². The zero-order valence-corrected chi connectivity index (χ0v) is 22.1. The quantitative estimate of drug-likeness (QED) is 0.401. The lowest BCUT2D eigenvalue weighted by Gasteiger charge is -2.41. The summed E-state index contributed by atoms with van der Waals surface area (Å²) < 4.78 is 43.1. The summed E-state index contributed by atoms with van der Waals surface area (Å²) >= 11 is 0. The maximum Gasteiger partial charge on any atom is 0.320 e. The Balaban J connectivity index is 2.19. The average molecular weight is 516 g/mol. The van der Waals surface area contributed by atoms with E-state index in [1.165, 1.54) is 29.2 Å². The number of halogens is 3. The summed E-state index contributed by atoms with van der Waals surface area (Å²) in [5.74, 6) is -0.197. The highest BCUT2D eigenvalue weighted by Gasteiger charge is 2.39. The van der Waals surface area contributed by atoms with Gasteiger partial charge in [-0.15, -0.1) is 0 Å². The maximum absolute atomic E-state index is 14.1. The molecule has 3 aromatic rings. The molecule has 0 aliphatic heterocycles. The van der Waals surface area contributed by atoms with Gasteiger partial charge in [0.2, 0.25) is 0 Å². The highest BCUT2D eigenvalue weighted by Crippen LogP contribution is 2.39. The van der Waals surface area contributed by atoms with Gasteiger partial charge in [-0.3, -0.25) is 0 Å². The second kappa shape index (κ2) is 11.8. The van der Waals surface area contributed by atoms with E-state index in [0.29, 0.717) is 22.6 Å². The van der Waals surface area contributed by atoms with Crippen molar-refractivity contribution in [3.05, 3.63) is 77.8 Å². The Labute approximate surface area is 216 Å². The van der Waals surface area contributed by atoms with Gasteiger partial charge in [0.15, 0.2) is 0 Å². The van der Waals surface area contributed by atoms with E-state index >= 15 is 0 Å². The molecule has 9 heteroatoms. The molecule has 0 saturated carbocycles. The van der Waals surface area contributed by atoms with Gasteiger partial charge in [0.05, 0.1) is 11.7 Å². The van der Waals surface area contributed by atoms with Crippen molar-refractivity contribution in [3.63, 3.8) is 0 Å². The van der Waals surface area contributed by atoms with Crippen molar-refractivity contribution in [2.45, 2.75) is 45.8 Å². The summed E-state index contributed by atoms with van der Waals surface area (Å²) in [5, 5.41) is 0. The molecule has 2 atom stereocenters. The molecule has 2 amide bonds. The van der Waals surface area contributed by atoms with Gasteiger partial charge in [-0.05, 0) is 41.7 Å². The molecule has 0 fully saturated rings. The monoisotopic (exact) mass is 515 g/mol. The molecule has 0 saturated heterocycles. The Hall–Kier alpha value is -3.33. The lowest BCUT2D eigenvalue weighted by atomic mass is 9.84. The molecule has 1 unspecified atom stereocenters. The standard InChI is InChI=1S/C28H36F3N5O/c1-28(2,3)25(36(27(37)34(4)5)13-12-23(32)16-29)26-33-24(20-9-7-11-22(31)15-20)18-35(26)17-19-8-6-10-21(30)14-19/h6-11,14-15,18,23,25H,12-13,16-17,32H2,1-5H3/t23?,25-/m0/s1. The summed E-state index contributed by atoms with van der Waals surface area (Å²) in [6, 6.07) is 10.9. The van der Waals surface area contributed by atoms with E-state index in [1.54, 1.807) is 43.4 Å². The maximum atomic E-state index is 14.1. The van der Waals surface area contributed by atoms with Gasteiger partial charge in [0, 0.05) is 45.0 Å². The zero-order chi connectivity index (χ0) is 27.3. The first kappa shape index (κ1) is 28.2. The summed E-state index contributed by atoms with van der Waals surface area (Å²) in [5.41, 5.74) is 7.18. The number of nitrogens with zero attached hydrogens (tertiary/aromatic N) is 4. The van der Waals surface area contributed by atoms with Crippen molar-refractivity contribution < 1.29 is 18.0 Å². The molecule has 2 aromatic carbocycles. The van der Waals surface area contributed by atoms with E-state index in [-0.39, 0.29) is 31.4 Å². The van der Waals surface area contributed by atoms with Crippen LogP contribution in [0.25, 0.3) is 11.3 Å². The second-order valence-electron chi connectivity index (χ2n) is 10.6. The van der Waals surface area contributed by atoms with Crippen LogP contribution in [0.15, 0.2) is 54.7 Å². The molecule has 0 spiro atoms. The van der Waals surface area contributed by atoms with Crippen LogP contribution in [-0.4, -0.2) is 58.7 Å². The minimum Gasteiger partial charge on any atom is -0.331 e. The highest BCUT2D eigenvalue weighted by molar-refractivity contribution is 5.74. The Bertz CT molecular complexity index is 1200. The van der Waals surface area contributed by atoms with E-state index < -0.39 is 30.0 Å². The fraction of sp³-hybridized carbons (Fsp3) is 0.429. The van der Waals surface area contributed by atoms with Gasteiger partial charge in [-0.1, -0.05) is 45.0 Å². The number of aromatic nitrogens is 2. The molecule has 200 valence electrons. The summed E-state index contributed by atoms with van der Waals surface area (Å²) in [6.07, 6.45) is 2.06. The third-order valence-corrected chi connectivity index (χ3v) is 6.11. The number of carbonyl (C=O) groups excluding carboxylic acids is 1. The van der Waals surface area contributed by atoms with Crippen molar-refractivity contribution in [3.8, 4) is 11.3 Å². The Morgan fingerprint density at radius 2 is 1.73 bits per heavy atom. The number of hydrogen-bond donors (Lipinski definition) is 1. The summed E-state index contributed by atoms with van der Waals surface area (Å²) in [7, 11) is 3.31. The van der Waals surface area contributed by atoms with Gasteiger partial charge >= 0.3 is 6.03 Å². The molecule has 0 bridgehead atoms. The van der Waals surface area contributed by atoms with Crippen LogP contribution in [0.5, 0.6) is 0 Å². The number of nitrogens with two attached hydrogens (primary N) is 1. The predicted octanol–water partition coefficient (Wildman–Crippen LogP) is 5.63. The largest absolute Gasteiger partial charge is 0.331 e. The van der Waals surface area contributed by atoms with Crippen molar-refractivity contribution >= 4 is 6.03 Å². The van der Waals surface area contributed by atoms with Gasteiger partial charge in [-0.25, -0.2) is 22.9 Å². The third kappa shape index (κ3) is 7.13. The smallest absolute Gasteiger partial charge is 0.320 e. The van der Waals surface area contributed by atoms with Crippen LogP contribution < -0.4 is 5.73 Å². The van der Waals surface area contributed by atoms with Crippen molar-refractivity contribution in [1.29, 1.82) is 0 Å². The van der Waals surface area contributed by atoms with E-state index in [1.807, 2.05) is 31.4 Å². The molecule has 37 heavy (non-hydrogen) atoms. The molecule has 2 N–H and O–H groups in total. The Morgan fingerprint density at radius 1 is 1.08 bits per heavy atom. The van der Waals surface area contributed by atoms with Gasteiger partial charge < -0.3 is 20.1 Å². The lowest BCUT2D eigenvalue weighted by Crippen LogP contribution is -2.48. The molecule has 3 rings (SSSR count). The number of benzene rings is 2. The zero-order valence-electron chi connectivity index (χ0n) is 22.1. The lowest BCUT2D eigenvalue weighted by molar-refractivity contribution is 0.0899. The molecule has 6 nitrogen and oxygen atoms in total. The van der Waals surface area contributed by atoms with Crippen LogP contribution in [0, 0.1) is 17.0 Å². The molecule has 0 aliphatic rings. The number of imidazole rings is 1. The number of amides is 2. The van der Waals surface area contributed by atoms with Crippen LogP contribution in [0.3, 0.4) is 0 Å². The molecule has 0 aliphatic carbocycles. The van der Waals surface area contributed by atoms with Crippen LogP contribution in [0.4, 0.5) is 18.0 Å². The van der Waals surface area contributed by atoms with E-state index in [2.05, 4.69) is 0 Å². The number of hydrogen-bond acceptors (Lipinski definition) is 3. The third-order valence-electron chi connectivity index (χ3n) is 6.11. The number of alkyl halides is 1. The molecular formula is C28H36F3N5O. The topological polar surface area (TPSA) is 67.4 Å². The molecule has 0 radical (unpaired) electrons. The first-order valence-electron chi connectivity index (χ1n) is 12.3. The Morgan fingerprint density at radius 3 is 2.30 bits per heavy atom. The molecular weight excluding hydrogens is 479 g/mol. The SMILES string of the molecule is CN(C)C(=O)N(CCC(N)CF)[C@@H](c1nc(-c2cccc(F)c2)cn1Cc1cccc(F)c1)C(C)(C)C. The van der Waals surface area contributed by atoms with E-state index in [0.717, 1.165) is 0 Å². The van der Waals surface area contributed by atoms with Gasteiger partial charge in [-0.2, -0.15) is 0 Å². The van der Waals surface area contributed by atoms with Gasteiger partial charge in [0.1, 0.15) is 24.1 Å². The number of rotatable bonds is 9. The minimum absolute atomic E-state index is 0.214. The summed E-state index contributed by atoms with van der Waals surface area (Å²) in [6.45, 7) is 5.79. The van der Waals surface area contributed by atoms with E-state index in [9.17, 15) is 18.0 Å². The van der Waals surface area contributed by atoms with E-state index in [4.69, 9.17) is 10.7 Å². The minimum atomic E-state index is -0.701. The number of urea groups is 1. The fourth-order valence-electron chi connectivity index (χ4n) is 4.36. The number of carbonyl (C=O) groups is 1. The first-order valence-corrected chi connectivity index (χ1v) is 12.3. The molecule has 1 heterocycles. The second-order valence-corrected chi connectivity index (χ2v) is 10.6. The predicted molar refractivity (Wildman–Crippen MR) is 140 cm³/mol. The first-order chi connectivity index (χ1) is 17.4. The highest BCUT2D eigenvalue weighted by atomic mass is 19.1. The van der Waals surface area contributed by atoms with Gasteiger partial charge in [0.25, 0.3) is 0 Å². The van der Waals surface area contributed by atoms with Crippen molar-refractivity contribution in [2.24, 2.45) is 11.1 Å². The summed E-state index contributed by atoms with van der Waals surface area (Å²) in [4.78, 5) is 21.5. The van der Waals surface area contributed by atoms with Crippen molar-refractivity contribution in [1.82, 2.24) is 19.4 Å². The molecule has 1 aromatic heterocycles. The Kier molecular flexibility index (Phi) is 9.02. The average Bonchev–Trinajstić information content (AvgIpc) is 3.22. The van der Waals surface area contributed by atoms with Crippen LogP contribution in [-0.2, 0) is 6.54 Å². The fourth-order valence-corrected chi connectivity index (χ4v) is 4.36. The normalized spacial score (nSPS) is 13.3. The van der Waals surface area contributed by atoms with Crippen LogP contribution in [0.1, 0.15) is 44.6 Å². The van der Waals surface area contributed by atoms with Crippen LogP contribution in [0.2, 0.25) is 0 Å². The van der Waals surface area contributed by atoms with Crippen LogP contribution >= 0.6 is 0 Å².